The van der Waals surface area contributed by atoms with Crippen LogP contribution >= 0.6 is 0 Å². The molecule has 0 heterocycles. The van der Waals surface area contributed by atoms with Gasteiger partial charge in [0.1, 0.15) is 0 Å². The average molecular weight is 300 g/mol. The molecule has 0 fully saturated rings. The number of hydrogen-bond donors (Lipinski definition) is 1. The summed E-state index contributed by atoms with van der Waals surface area (Å²) in [7, 11) is 0. The Hall–Kier alpha value is -2.38. The zero-order valence-corrected chi connectivity index (χ0v) is 13.0. The number of fused-ring (bicyclic) bond motifs is 1. The van der Waals surface area contributed by atoms with Crippen molar-refractivity contribution in [1.29, 1.82) is 0 Å². The smallest absolute Gasteiger partial charge is 0.0798 e. The Morgan fingerprint density at radius 2 is 1.43 bits per heavy atom. The molecular formula is C22H20O. The van der Waals surface area contributed by atoms with Crippen LogP contribution in [0.4, 0.5) is 0 Å². The summed E-state index contributed by atoms with van der Waals surface area (Å²) in [6.45, 7) is 0. The first-order valence-corrected chi connectivity index (χ1v) is 8.22. The normalized spacial score (nSPS) is 20.0. The maximum atomic E-state index is 10.7. The Balaban J connectivity index is 1.68. The molecule has 1 N–H and O–H groups in total. The van der Waals surface area contributed by atoms with Crippen LogP contribution in [-0.2, 0) is 6.42 Å². The van der Waals surface area contributed by atoms with Gasteiger partial charge in [-0.3, -0.25) is 0 Å². The van der Waals surface area contributed by atoms with Crippen molar-refractivity contribution in [3.63, 3.8) is 0 Å². The van der Waals surface area contributed by atoms with Crippen LogP contribution in [0.15, 0.2) is 78.9 Å². The van der Waals surface area contributed by atoms with E-state index in [0.717, 1.165) is 18.4 Å². The third-order valence-corrected chi connectivity index (χ3v) is 4.86. The van der Waals surface area contributed by atoms with Gasteiger partial charge in [-0.25, -0.2) is 0 Å². The molecule has 0 saturated carbocycles. The molecule has 3 aromatic rings. The lowest BCUT2D eigenvalue weighted by molar-refractivity contribution is 0.147. The minimum Gasteiger partial charge on any atom is -0.388 e. The molecule has 2 unspecified atom stereocenters. The number of rotatable bonds is 2. The molecule has 1 heteroatoms. The first-order valence-electron chi connectivity index (χ1n) is 8.22. The lowest BCUT2D eigenvalue weighted by atomic mass is 9.78. The van der Waals surface area contributed by atoms with Crippen LogP contribution in [0.1, 0.15) is 35.1 Å². The van der Waals surface area contributed by atoms with Gasteiger partial charge in [0, 0.05) is 0 Å². The van der Waals surface area contributed by atoms with Crippen molar-refractivity contribution in [3.8, 4) is 11.1 Å². The number of aliphatic hydroxyl groups excluding tert-OH is 1. The molecule has 0 amide bonds. The molecular weight excluding hydrogens is 280 g/mol. The molecule has 23 heavy (non-hydrogen) atoms. The molecule has 0 radical (unpaired) electrons. The van der Waals surface area contributed by atoms with Crippen LogP contribution in [0.3, 0.4) is 0 Å². The summed E-state index contributed by atoms with van der Waals surface area (Å²) in [5.74, 6) is 0.404. The molecule has 0 aromatic heterocycles. The number of hydrogen-bond acceptors (Lipinski definition) is 1. The highest BCUT2D eigenvalue weighted by Gasteiger charge is 2.26. The van der Waals surface area contributed by atoms with Gasteiger partial charge in [-0.15, -0.1) is 0 Å². The van der Waals surface area contributed by atoms with Gasteiger partial charge in [-0.2, -0.15) is 0 Å². The van der Waals surface area contributed by atoms with E-state index in [2.05, 4.69) is 66.7 Å². The first kappa shape index (κ1) is 14.2. The molecule has 114 valence electrons. The molecule has 1 nitrogen and oxygen atoms in total. The Morgan fingerprint density at radius 1 is 0.739 bits per heavy atom. The summed E-state index contributed by atoms with van der Waals surface area (Å²) >= 11 is 0. The van der Waals surface area contributed by atoms with Crippen LogP contribution in [-0.4, -0.2) is 5.11 Å². The first-order chi connectivity index (χ1) is 11.3. The van der Waals surface area contributed by atoms with Crippen LogP contribution < -0.4 is 0 Å². The van der Waals surface area contributed by atoms with E-state index in [-0.39, 0.29) is 6.10 Å². The summed E-state index contributed by atoms with van der Waals surface area (Å²) in [5, 5.41) is 10.7. The van der Waals surface area contributed by atoms with Gasteiger partial charge < -0.3 is 5.11 Å². The number of benzene rings is 3. The lowest BCUT2D eigenvalue weighted by Gasteiger charge is -2.29. The van der Waals surface area contributed by atoms with Crippen LogP contribution in [0, 0.1) is 0 Å². The lowest BCUT2D eigenvalue weighted by Crippen LogP contribution is -2.17. The predicted octanol–water partition coefficient (Wildman–Crippen LogP) is 5.12. The Labute approximate surface area is 137 Å². The van der Waals surface area contributed by atoms with E-state index in [1.54, 1.807) is 0 Å². The highest BCUT2D eigenvalue weighted by atomic mass is 16.3. The molecule has 2 atom stereocenters. The average Bonchev–Trinajstić information content (AvgIpc) is 2.63. The van der Waals surface area contributed by atoms with Gasteiger partial charge in [0.2, 0.25) is 0 Å². The Kier molecular flexibility index (Phi) is 3.72. The Morgan fingerprint density at radius 3 is 2.17 bits per heavy atom. The second-order valence-corrected chi connectivity index (χ2v) is 6.34. The van der Waals surface area contributed by atoms with E-state index in [0.29, 0.717) is 5.92 Å². The maximum Gasteiger partial charge on any atom is 0.0798 e. The summed E-state index contributed by atoms with van der Waals surface area (Å²) in [6, 6.07) is 27.4. The molecule has 1 aliphatic carbocycles. The van der Waals surface area contributed by atoms with Crippen molar-refractivity contribution in [2.24, 2.45) is 0 Å². The third-order valence-electron chi connectivity index (χ3n) is 4.86. The van der Waals surface area contributed by atoms with Crippen molar-refractivity contribution in [1.82, 2.24) is 0 Å². The van der Waals surface area contributed by atoms with E-state index in [9.17, 15) is 5.11 Å². The van der Waals surface area contributed by atoms with Crippen molar-refractivity contribution in [2.45, 2.75) is 24.9 Å². The zero-order valence-electron chi connectivity index (χ0n) is 13.0. The van der Waals surface area contributed by atoms with E-state index in [1.165, 1.54) is 22.3 Å². The fourth-order valence-corrected chi connectivity index (χ4v) is 3.63. The van der Waals surface area contributed by atoms with E-state index in [4.69, 9.17) is 0 Å². The highest BCUT2D eigenvalue weighted by Crippen LogP contribution is 2.40. The summed E-state index contributed by atoms with van der Waals surface area (Å²) in [6.07, 6.45) is 1.42. The molecule has 0 saturated heterocycles. The number of aliphatic hydroxyl groups is 1. The Bertz CT molecular complexity index is 793. The molecule has 0 spiro atoms. The van der Waals surface area contributed by atoms with Gasteiger partial charge >= 0.3 is 0 Å². The quantitative estimate of drug-likeness (QED) is 0.696. The zero-order chi connectivity index (χ0) is 15.6. The van der Waals surface area contributed by atoms with Crippen molar-refractivity contribution in [2.75, 3.05) is 0 Å². The minimum atomic E-state index is -0.382. The molecule has 0 bridgehead atoms. The summed E-state index contributed by atoms with van der Waals surface area (Å²) in [5.41, 5.74) is 6.08. The molecule has 3 aromatic carbocycles. The van der Waals surface area contributed by atoms with Gasteiger partial charge in [0.15, 0.2) is 0 Å². The van der Waals surface area contributed by atoms with Gasteiger partial charge in [-0.1, -0.05) is 72.8 Å². The van der Waals surface area contributed by atoms with Gasteiger partial charge in [-0.05, 0) is 52.6 Å². The van der Waals surface area contributed by atoms with E-state index in [1.807, 2.05) is 12.1 Å². The van der Waals surface area contributed by atoms with Crippen LogP contribution in [0.5, 0.6) is 0 Å². The minimum absolute atomic E-state index is 0.382. The molecule has 1 aliphatic rings. The topological polar surface area (TPSA) is 20.2 Å². The van der Waals surface area contributed by atoms with E-state index >= 15 is 0 Å². The monoisotopic (exact) mass is 300 g/mol. The van der Waals surface area contributed by atoms with Crippen molar-refractivity contribution < 1.29 is 5.11 Å². The SMILES string of the molecule is OC1CC(c2ccccc2)Cc2ccc(-c3ccccc3)cc21. The second kappa shape index (κ2) is 6.02. The predicted molar refractivity (Wildman–Crippen MR) is 94.3 cm³/mol. The largest absolute Gasteiger partial charge is 0.388 e. The second-order valence-electron chi connectivity index (χ2n) is 6.34. The standard InChI is InChI=1S/C22H20O/c23-22-15-20(17-9-5-2-6-10-17)13-19-12-11-18(14-21(19)22)16-7-3-1-4-8-16/h1-12,14,20,22-23H,13,15H2. The molecule has 4 rings (SSSR count). The van der Waals surface area contributed by atoms with Crippen LogP contribution in [0.2, 0.25) is 0 Å². The van der Waals surface area contributed by atoms with Gasteiger partial charge in [0.25, 0.3) is 0 Å². The molecule has 0 aliphatic heterocycles. The maximum absolute atomic E-state index is 10.7. The van der Waals surface area contributed by atoms with Crippen molar-refractivity contribution >= 4 is 0 Å². The van der Waals surface area contributed by atoms with E-state index < -0.39 is 0 Å². The van der Waals surface area contributed by atoms with Crippen LogP contribution in [0.25, 0.3) is 11.1 Å². The summed E-state index contributed by atoms with van der Waals surface area (Å²) < 4.78 is 0. The summed E-state index contributed by atoms with van der Waals surface area (Å²) in [4.78, 5) is 0. The fraction of sp³-hybridized carbons (Fsp3) is 0.182. The van der Waals surface area contributed by atoms with Gasteiger partial charge in [0.05, 0.1) is 6.10 Å². The highest BCUT2D eigenvalue weighted by molar-refractivity contribution is 5.65. The third kappa shape index (κ3) is 2.80. The van der Waals surface area contributed by atoms with Crippen molar-refractivity contribution in [3.05, 3.63) is 95.6 Å². The fourth-order valence-electron chi connectivity index (χ4n) is 3.63.